The van der Waals surface area contributed by atoms with Crippen LogP contribution in [0.15, 0.2) is 32.9 Å². The third-order valence-electron chi connectivity index (χ3n) is 7.80. The van der Waals surface area contributed by atoms with Crippen LogP contribution in [0.1, 0.15) is 71.6 Å². The molecular weight excluding hydrogens is 400 g/mol. The molecule has 0 aromatic rings. The Hall–Kier alpha value is -1.54. The molecule has 7 nitrogen and oxygen atoms in total. The minimum Gasteiger partial charge on any atom is -0.342 e. The maximum atomic E-state index is 13.3. The molecule has 2 fully saturated rings. The summed E-state index contributed by atoms with van der Waals surface area (Å²) in [5.74, 6) is 0.999. The molecule has 0 unspecified atom stereocenters. The first kappa shape index (κ1) is 20.4. The standard InChI is InChI=1S/C22H32N4O3S/c1-21(2)12-17-19(18(27)13-21)22(16-14-23-25-20(16)24-17)8-10-26(11-9-22)30(28,29)15-6-4-3-5-7-15/h15,24H,3-14H2,1-2H3. The smallest absolute Gasteiger partial charge is 0.216 e. The van der Waals surface area contributed by atoms with Crippen molar-refractivity contribution in [1.29, 1.82) is 0 Å². The average molecular weight is 433 g/mol. The molecule has 0 bridgehead atoms. The zero-order chi connectivity index (χ0) is 21.1. The van der Waals surface area contributed by atoms with E-state index in [0.717, 1.165) is 61.2 Å². The zero-order valence-corrected chi connectivity index (χ0v) is 18.9. The van der Waals surface area contributed by atoms with E-state index >= 15 is 0 Å². The maximum absolute atomic E-state index is 13.3. The fourth-order valence-electron chi connectivity index (χ4n) is 6.32. The number of sulfonamides is 1. The van der Waals surface area contributed by atoms with Crippen LogP contribution in [-0.2, 0) is 14.8 Å². The van der Waals surface area contributed by atoms with Gasteiger partial charge in [-0.3, -0.25) is 4.79 Å². The fourth-order valence-corrected chi connectivity index (χ4v) is 8.36. The third-order valence-corrected chi connectivity index (χ3v) is 10.2. The van der Waals surface area contributed by atoms with E-state index in [1.807, 2.05) is 0 Å². The summed E-state index contributed by atoms with van der Waals surface area (Å²) in [7, 11) is -3.27. The minimum atomic E-state index is -3.27. The van der Waals surface area contributed by atoms with Gasteiger partial charge >= 0.3 is 0 Å². The number of carbonyl (C=O) groups is 1. The predicted octanol–water partition coefficient (Wildman–Crippen LogP) is 3.65. The van der Waals surface area contributed by atoms with Gasteiger partial charge in [0.2, 0.25) is 10.0 Å². The van der Waals surface area contributed by atoms with Crippen LogP contribution in [0.2, 0.25) is 0 Å². The second-order valence-electron chi connectivity index (χ2n) is 10.4. The van der Waals surface area contributed by atoms with Gasteiger partial charge < -0.3 is 5.32 Å². The van der Waals surface area contributed by atoms with Gasteiger partial charge in [0.1, 0.15) is 0 Å². The van der Waals surface area contributed by atoms with E-state index in [1.165, 1.54) is 0 Å². The SMILES string of the molecule is CC1(C)CC(=O)C2=C(C1)NC1=C(CN=N1)C21CCN(S(=O)(=O)C2CCCCC2)CC1. The summed E-state index contributed by atoms with van der Waals surface area (Å²) in [5, 5.41) is 11.8. The largest absolute Gasteiger partial charge is 0.342 e. The lowest BCUT2D eigenvalue weighted by atomic mass is 9.60. The van der Waals surface area contributed by atoms with E-state index in [-0.39, 0.29) is 16.4 Å². The first-order valence-electron chi connectivity index (χ1n) is 11.4. The number of piperidine rings is 1. The molecule has 164 valence electrons. The number of carbonyl (C=O) groups excluding carboxylic acids is 1. The van der Waals surface area contributed by atoms with Crippen molar-refractivity contribution < 1.29 is 13.2 Å². The molecule has 5 rings (SSSR count). The van der Waals surface area contributed by atoms with Gasteiger partial charge in [0.05, 0.1) is 11.8 Å². The number of rotatable bonds is 2. The number of azo groups is 1. The molecule has 5 aliphatic rings. The summed E-state index contributed by atoms with van der Waals surface area (Å²) in [6, 6.07) is 0. The second kappa shape index (κ2) is 6.99. The molecule has 2 aliphatic carbocycles. The molecule has 0 radical (unpaired) electrons. The normalized spacial score (nSPS) is 29.2. The zero-order valence-electron chi connectivity index (χ0n) is 18.0. The Kier molecular flexibility index (Phi) is 4.74. The van der Waals surface area contributed by atoms with E-state index in [4.69, 9.17) is 0 Å². The average Bonchev–Trinajstić information content (AvgIpc) is 3.17. The van der Waals surface area contributed by atoms with Gasteiger partial charge in [0.25, 0.3) is 0 Å². The second-order valence-corrected chi connectivity index (χ2v) is 12.6. The predicted molar refractivity (Wildman–Crippen MR) is 114 cm³/mol. The summed E-state index contributed by atoms with van der Waals surface area (Å²) in [4.78, 5) is 13.3. The van der Waals surface area contributed by atoms with Crippen molar-refractivity contribution in [3.63, 3.8) is 0 Å². The van der Waals surface area contributed by atoms with Gasteiger partial charge in [0, 0.05) is 41.8 Å². The van der Waals surface area contributed by atoms with Crippen LogP contribution in [-0.4, -0.2) is 43.4 Å². The van der Waals surface area contributed by atoms with Crippen LogP contribution < -0.4 is 5.32 Å². The van der Waals surface area contributed by atoms with Crippen LogP contribution in [0.25, 0.3) is 0 Å². The Balaban J connectivity index is 1.46. The quantitative estimate of drug-likeness (QED) is 0.721. The van der Waals surface area contributed by atoms with Crippen molar-refractivity contribution >= 4 is 15.8 Å². The highest BCUT2D eigenvalue weighted by Crippen LogP contribution is 2.55. The molecule has 0 aromatic carbocycles. The van der Waals surface area contributed by atoms with Crippen LogP contribution in [0.4, 0.5) is 0 Å². The van der Waals surface area contributed by atoms with Crippen LogP contribution in [0.5, 0.6) is 0 Å². The van der Waals surface area contributed by atoms with Crippen molar-refractivity contribution in [2.24, 2.45) is 21.1 Å². The minimum absolute atomic E-state index is 0.0804. The number of hydrogen-bond acceptors (Lipinski definition) is 6. The van der Waals surface area contributed by atoms with Crippen molar-refractivity contribution in [2.75, 3.05) is 19.6 Å². The summed E-state index contributed by atoms with van der Waals surface area (Å²) in [5.41, 5.74) is 2.47. The topological polar surface area (TPSA) is 91.2 Å². The summed E-state index contributed by atoms with van der Waals surface area (Å²) in [6.45, 7) is 5.71. The lowest BCUT2D eigenvalue weighted by Crippen LogP contribution is -2.52. The Morgan fingerprint density at radius 2 is 1.77 bits per heavy atom. The van der Waals surface area contributed by atoms with Crippen LogP contribution >= 0.6 is 0 Å². The molecule has 0 atom stereocenters. The molecule has 0 aromatic heterocycles. The van der Waals surface area contributed by atoms with Crippen LogP contribution in [0, 0.1) is 10.8 Å². The summed E-state index contributed by atoms with van der Waals surface area (Å²) >= 11 is 0. The molecule has 1 N–H and O–H groups in total. The van der Waals surface area contributed by atoms with Gasteiger partial charge in [-0.1, -0.05) is 33.1 Å². The first-order chi connectivity index (χ1) is 14.2. The molecule has 1 saturated carbocycles. The van der Waals surface area contributed by atoms with Crippen molar-refractivity contribution in [3.05, 3.63) is 22.7 Å². The molecule has 8 heteroatoms. The number of hydrogen-bond donors (Lipinski definition) is 1. The van der Waals surface area contributed by atoms with Gasteiger partial charge in [0.15, 0.2) is 11.6 Å². The van der Waals surface area contributed by atoms with E-state index in [1.54, 1.807) is 4.31 Å². The Morgan fingerprint density at radius 1 is 1.07 bits per heavy atom. The van der Waals surface area contributed by atoms with Crippen molar-refractivity contribution in [3.8, 4) is 0 Å². The van der Waals surface area contributed by atoms with Crippen molar-refractivity contribution in [2.45, 2.75) is 76.9 Å². The molecule has 3 heterocycles. The number of allylic oxidation sites excluding steroid dienone is 2. The van der Waals surface area contributed by atoms with Gasteiger partial charge in [-0.2, -0.15) is 5.11 Å². The number of nitrogens with one attached hydrogen (secondary N) is 1. The van der Waals surface area contributed by atoms with E-state index in [2.05, 4.69) is 29.4 Å². The fraction of sp³-hybridized carbons (Fsp3) is 0.773. The Morgan fingerprint density at radius 3 is 2.47 bits per heavy atom. The monoisotopic (exact) mass is 432 g/mol. The Bertz CT molecular complexity index is 962. The van der Waals surface area contributed by atoms with Crippen molar-refractivity contribution in [1.82, 2.24) is 9.62 Å². The molecule has 3 aliphatic heterocycles. The van der Waals surface area contributed by atoms with Gasteiger partial charge in [-0.15, -0.1) is 5.11 Å². The number of Topliss-reactive ketones (excluding diaryl/α,β-unsaturated/α-hetero) is 1. The van der Waals surface area contributed by atoms with E-state index in [9.17, 15) is 13.2 Å². The molecule has 0 amide bonds. The third kappa shape index (κ3) is 3.09. The number of dihydropyridines is 1. The first-order valence-corrected chi connectivity index (χ1v) is 12.9. The number of ketones is 1. The lowest BCUT2D eigenvalue weighted by Gasteiger charge is -2.49. The van der Waals surface area contributed by atoms with E-state index in [0.29, 0.717) is 38.9 Å². The lowest BCUT2D eigenvalue weighted by molar-refractivity contribution is -0.119. The Labute approximate surface area is 179 Å². The molecule has 30 heavy (non-hydrogen) atoms. The van der Waals surface area contributed by atoms with Gasteiger partial charge in [-0.05, 0) is 37.5 Å². The number of nitrogens with zero attached hydrogens (tertiary/aromatic N) is 3. The van der Waals surface area contributed by atoms with E-state index < -0.39 is 15.4 Å². The summed E-state index contributed by atoms with van der Waals surface area (Å²) < 4.78 is 28.2. The highest BCUT2D eigenvalue weighted by atomic mass is 32.2. The summed E-state index contributed by atoms with van der Waals surface area (Å²) in [6.07, 6.45) is 7.36. The van der Waals surface area contributed by atoms with Crippen LogP contribution in [0.3, 0.4) is 0 Å². The molecular formula is C22H32N4O3S. The number of fused-ring (bicyclic) bond motifs is 2. The maximum Gasteiger partial charge on any atom is 0.216 e. The molecule has 1 spiro atoms. The highest BCUT2D eigenvalue weighted by Gasteiger charge is 2.53. The highest BCUT2D eigenvalue weighted by molar-refractivity contribution is 7.89. The molecule has 1 saturated heterocycles. The van der Waals surface area contributed by atoms with Gasteiger partial charge in [-0.25, -0.2) is 12.7 Å².